The largest absolute Gasteiger partial charge is 0.315 e. The molecule has 25 heavy (non-hydrogen) atoms. The Morgan fingerprint density at radius 1 is 1.08 bits per heavy atom. The summed E-state index contributed by atoms with van der Waals surface area (Å²) in [5.41, 5.74) is 2.60. The highest BCUT2D eigenvalue weighted by molar-refractivity contribution is 7.97. The molecule has 0 aliphatic rings. The quantitative estimate of drug-likeness (QED) is 0.467. The van der Waals surface area contributed by atoms with Crippen LogP contribution in [0.2, 0.25) is 0 Å². The standard InChI is InChI=1S/C21H25N3S/c1-16-13-23-15-19-8-9-20(12-21(16)19)25-24-17(2)14-22-11-10-18-6-4-3-5-7-18/h3-9,12-13,15,17,22,24H,10-11,14H2,1-2H3/t17-/m1/s1. The van der Waals surface area contributed by atoms with Gasteiger partial charge in [-0.3, -0.25) is 9.71 Å². The fourth-order valence-electron chi connectivity index (χ4n) is 2.76. The lowest BCUT2D eigenvalue weighted by Crippen LogP contribution is -2.33. The van der Waals surface area contributed by atoms with Gasteiger partial charge in [-0.15, -0.1) is 0 Å². The molecule has 2 aromatic carbocycles. The average Bonchev–Trinajstić information content (AvgIpc) is 2.65. The van der Waals surface area contributed by atoms with E-state index in [1.807, 2.05) is 12.4 Å². The van der Waals surface area contributed by atoms with E-state index in [1.165, 1.54) is 26.8 Å². The molecule has 1 atom stereocenters. The molecule has 0 saturated carbocycles. The van der Waals surface area contributed by atoms with E-state index in [0.29, 0.717) is 6.04 Å². The molecule has 0 unspecified atom stereocenters. The van der Waals surface area contributed by atoms with Gasteiger partial charge in [0.25, 0.3) is 0 Å². The van der Waals surface area contributed by atoms with Crippen molar-refractivity contribution in [2.75, 3.05) is 13.1 Å². The van der Waals surface area contributed by atoms with Gasteiger partial charge in [0.2, 0.25) is 0 Å². The second kappa shape index (κ2) is 8.99. The van der Waals surface area contributed by atoms with E-state index < -0.39 is 0 Å². The summed E-state index contributed by atoms with van der Waals surface area (Å²) in [6.45, 7) is 6.27. The van der Waals surface area contributed by atoms with Crippen molar-refractivity contribution >= 4 is 22.7 Å². The smallest absolute Gasteiger partial charge is 0.0346 e. The molecule has 130 valence electrons. The van der Waals surface area contributed by atoms with E-state index in [1.54, 1.807) is 11.9 Å². The maximum atomic E-state index is 4.25. The highest BCUT2D eigenvalue weighted by Crippen LogP contribution is 2.23. The van der Waals surface area contributed by atoms with Gasteiger partial charge in [0, 0.05) is 35.3 Å². The summed E-state index contributed by atoms with van der Waals surface area (Å²) in [6.07, 6.45) is 4.91. The van der Waals surface area contributed by atoms with Crippen LogP contribution in [-0.4, -0.2) is 24.1 Å². The molecule has 3 aromatic rings. The summed E-state index contributed by atoms with van der Waals surface area (Å²) in [6, 6.07) is 17.5. The van der Waals surface area contributed by atoms with Gasteiger partial charge in [0.05, 0.1) is 0 Å². The van der Waals surface area contributed by atoms with Crippen LogP contribution >= 0.6 is 11.9 Å². The van der Waals surface area contributed by atoms with Gasteiger partial charge in [0.1, 0.15) is 0 Å². The minimum Gasteiger partial charge on any atom is -0.315 e. The molecule has 0 spiro atoms. The van der Waals surface area contributed by atoms with Crippen molar-refractivity contribution in [2.24, 2.45) is 0 Å². The van der Waals surface area contributed by atoms with E-state index in [0.717, 1.165) is 19.5 Å². The van der Waals surface area contributed by atoms with Gasteiger partial charge in [-0.25, -0.2) is 0 Å². The van der Waals surface area contributed by atoms with E-state index in [2.05, 4.69) is 77.4 Å². The second-order valence-electron chi connectivity index (χ2n) is 6.40. The molecule has 4 heteroatoms. The third-order valence-electron chi connectivity index (χ3n) is 4.19. The molecule has 1 aromatic heterocycles. The number of aryl methyl sites for hydroxylation is 1. The number of nitrogens with zero attached hydrogens (tertiary/aromatic N) is 1. The van der Waals surface area contributed by atoms with Gasteiger partial charge in [-0.2, -0.15) is 0 Å². The highest BCUT2D eigenvalue weighted by atomic mass is 32.2. The van der Waals surface area contributed by atoms with Crippen molar-refractivity contribution in [3.8, 4) is 0 Å². The first-order valence-corrected chi connectivity index (χ1v) is 9.55. The molecule has 1 heterocycles. The first-order valence-electron chi connectivity index (χ1n) is 8.74. The van der Waals surface area contributed by atoms with E-state index >= 15 is 0 Å². The normalized spacial score (nSPS) is 12.4. The zero-order valence-electron chi connectivity index (χ0n) is 14.8. The lowest BCUT2D eigenvalue weighted by atomic mass is 10.1. The molecule has 0 aliphatic carbocycles. The van der Waals surface area contributed by atoms with Gasteiger partial charge in [-0.1, -0.05) is 36.4 Å². The minimum atomic E-state index is 0.398. The molecular weight excluding hydrogens is 326 g/mol. The molecule has 0 bridgehead atoms. The monoisotopic (exact) mass is 351 g/mol. The van der Waals surface area contributed by atoms with Crippen LogP contribution in [0.15, 0.2) is 65.8 Å². The lowest BCUT2D eigenvalue weighted by Gasteiger charge is -2.14. The van der Waals surface area contributed by atoms with Crippen LogP contribution in [0.4, 0.5) is 0 Å². The van der Waals surface area contributed by atoms with Gasteiger partial charge in [0.15, 0.2) is 0 Å². The summed E-state index contributed by atoms with van der Waals surface area (Å²) in [7, 11) is 0. The minimum absolute atomic E-state index is 0.398. The van der Waals surface area contributed by atoms with Crippen LogP contribution in [-0.2, 0) is 6.42 Å². The van der Waals surface area contributed by atoms with E-state index in [9.17, 15) is 0 Å². The van der Waals surface area contributed by atoms with E-state index in [4.69, 9.17) is 0 Å². The van der Waals surface area contributed by atoms with Crippen LogP contribution < -0.4 is 10.0 Å². The number of fused-ring (bicyclic) bond motifs is 1. The summed E-state index contributed by atoms with van der Waals surface area (Å²) < 4.78 is 3.52. The van der Waals surface area contributed by atoms with Crippen molar-refractivity contribution in [2.45, 2.75) is 31.2 Å². The molecule has 0 amide bonds. The van der Waals surface area contributed by atoms with E-state index in [-0.39, 0.29) is 0 Å². The molecule has 0 aliphatic heterocycles. The molecule has 2 N–H and O–H groups in total. The van der Waals surface area contributed by atoms with Crippen LogP contribution in [0.3, 0.4) is 0 Å². The maximum absolute atomic E-state index is 4.25. The zero-order valence-corrected chi connectivity index (χ0v) is 15.6. The van der Waals surface area contributed by atoms with Crippen LogP contribution in [0, 0.1) is 6.92 Å². The summed E-state index contributed by atoms with van der Waals surface area (Å²) in [5, 5.41) is 5.99. The van der Waals surface area contributed by atoms with Crippen LogP contribution in [0.25, 0.3) is 10.8 Å². The Morgan fingerprint density at radius 2 is 1.92 bits per heavy atom. The Bertz CT molecular complexity index is 805. The Morgan fingerprint density at radius 3 is 2.76 bits per heavy atom. The summed E-state index contributed by atoms with van der Waals surface area (Å²) in [5.74, 6) is 0. The van der Waals surface area contributed by atoms with Crippen molar-refractivity contribution in [3.63, 3.8) is 0 Å². The van der Waals surface area contributed by atoms with Gasteiger partial charge < -0.3 is 5.32 Å². The molecule has 3 rings (SSSR count). The first-order chi connectivity index (χ1) is 12.2. The van der Waals surface area contributed by atoms with Crippen molar-refractivity contribution in [3.05, 3.63) is 72.1 Å². The number of rotatable bonds is 8. The van der Waals surface area contributed by atoms with Crippen LogP contribution in [0.1, 0.15) is 18.1 Å². The number of pyridine rings is 1. The fraction of sp³-hybridized carbons (Fsp3) is 0.286. The third kappa shape index (κ3) is 5.30. The Labute approximate surface area is 154 Å². The lowest BCUT2D eigenvalue weighted by molar-refractivity contribution is 0.586. The third-order valence-corrected chi connectivity index (χ3v) is 5.20. The first kappa shape index (κ1) is 17.9. The fourth-order valence-corrected chi connectivity index (χ4v) is 3.49. The van der Waals surface area contributed by atoms with Gasteiger partial charge in [-0.05, 0) is 67.4 Å². The molecular formula is C21H25N3S. The SMILES string of the molecule is Cc1cncc2ccc(SN[C@H](C)CNCCc3ccccc3)cc12. The predicted molar refractivity (Wildman–Crippen MR) is 108 cm³/mol. The Hall–Kier alpha value is -1.88. The Balaban J connectivity index is 1.43. The zero-order chi connectivity index (χ0) is 17.5. The summed E-state index contributed by atoms with van der Waals surface area (Å²) >= 11 is 1.70. The number of aromatic nitrogens is 1. The van der Waals surface area contributed by atoms with Gasteiger partial charge >= 0.3 is 0 Å². The van der Waals surface area contributed by atoms with Crippen molar-refractivity contribution < 1.29 is 0 Å². The predicted octanol–water partition coefficient (Wildman–Crippen LogP) is 4.36. The number of benzene rings is 2. The summed E-state index contributed by atoms with van der Waals surface area (Å²) in [4.78, 5) is 5.48. The molecule has 0 saturated heterocycles. The highest BCUT2D eigenvalue weighted by Gasteiger charge is 2.04. The second-order valence-corrected chi connectivity index (χ2v) is 7.31. The number of hydrogen-bond donors (Lipinski definition) is 2. The number of hydrogen-bond acceptors (Lipinski definition) is 4. The van der Waals surface area contributed by atoms with Crippen molar-refractivity contribution in [1.82, 2.24) is 15.0 Å². The van der Waals surface area contributed by atoms with Crippen LogP contribution in [0.5, 0.6) is 0 Å². The molecule has 0 fully saturated rings. The average molecular weight is 352 g/mol. The topological polar surface area (TPSA) is 37.0 Å². The van der Waals surface area contributed by atoms with Crippen molar-refractivity contribution in [1.29, 1.82) is 0 Å². The molecule has 0 radical (unpaired) electrons. The maximum Gasteiger partial charge on any atom is 0.0346 e. The molecule has 3 nitrogen and oxygen atoms in total. The number of nitrogens with one attached hydrogen (secondary N) is 2. The Kier molecular flexibility index (Phi) is 6.45.